The van der Waals surface area contributed by atoms with Gasteiger partial charge in [-0.3, -0.25) is 9.59 Å². The summed E-state index contributed by atoms with van der Waals surface area (Å²) in [7, 11) is 0. The number of aromatic nitrogens is 1. The number of hydrogen-bond acceptors (Lipinski definition) is 5. The molecule has 1 aliphatic carbocycles. The molecule has 1 aromatic rings. The molecular formula is C19H32N4O3. The number of likely N-dealkylation sites (N-methyl/N-ethyl adjacent to an activating group) is 1. The maximum Gasteiger partial charge on any atom is 0.245 e. The summed E-state index contributed by atoms with van der Waals surface area (Å²) in [6.45, 7) is 9.27. The number of rotatable bonds is 9. The molecule has 0 aliphatic heterocycles. The molecule has 146 valence electrons. The molecule has 0 spiro atoms. The number of nitrogens with one attached hydrogen (secondary N) is 1. The zero-order chi connectivity index (χ0) is 18.9. The van der Waals surface area contributed by atoms with E-state index in [1.54, 1.807) is 17.9 Å². The topological polar surface area (TPSA) is 78.7 Å². The molecule has 7 heteroatoms. The van der Waals surface area contributed by atoms with Crippen molar-refractivity contribution in [1.29, 1.82) is 0 Å². The van der Waals surface area contributed by atoms with Gasteiger partial charge in [0.15, 0.2) is 5.82 Å². The standard InChI is InChI=1S/C19H32N4O3/c1-4-22(5-2)11-12-23(19(25)16-9-7-6-8-10-16)14-18(24)20-17-13-15(3)26-21-17/h13,16H,4-12,14H2,1-3H3,(H,20,21,24). The van der Waals surface area contributed by atoms with Crippen molar-refractivity contribution in [2.75, 3.05) is 38.0 Å². The van der Waals surface area contributed by atoms with E-state index < -0.39 is 0 Å². The van der Waals surface area contributed by atoms with Crippen LogP contribution in [-0.2, 0) is 9.59 Å². The first kappa shape index (κ1) is 20.4. The molecule has 0 aromatic carbocycles. The molecule has 1 aliphatic rings. The average Bonchev–Trinajstić information content (AvgIpc) is 3.06. The zero-order valence-electron chi connectivity index (χ0n) is 16.3. The second kappa shape index (κ2) is 10.3. The number of nitrogens with zero attached hydrogens (tertiary/aromatic N) is 3. The lowest BCUT2D eigenvalue weighted by atomic mass is 9.88. The Morgan fingerprint density at radius 3 is 2.46 bits per heavy atom. The zero-order valence-corrected chi connectivity index (χ0v) is 16.3. The number of aryl methyl sites for hydroxylation is 1. The summed E-state index contributed by atoms with van der Waals surface area (Å²) in [5.41, 5.74) is 0. The van der Waals surface area contributed by atoms with Gasteiger partial charge in [-0.1, -0.05) is 38.3 Å². The lowest BCUT2D eigenvalue weighted by Gasteiger charge is -2.30. The van der Waals surface area contributed by atoms with Crippen molar-refractivity contribution in [3.05, 3.63) is 11.8 Å². The predicted molar refractivity (Wildman–Crippen MR) is 101 cm³/mol. The number of hydrogen-bond donors (Lipinski definition) is 1. The van der Waals surface area contributed by atoms with E-state index in [1.165, 1.54) is 6.42 Å². The molecule has 1 aromatic heterocycles. The first-order valence-corrected chi connectivity index (χ1v) is 9.77. The quantitative estimate of drug-likeness (QED) is 0.729. The van der Waals surface area contributed by atoms with Crippen molar-refractivity contribution in [1.82, 2.24) is 15.0 Å². The second-order valence-corrected chi connectivity index (χ2v) is 6.99. The minimum Gasteiger partial charge on any atom is -0.360 e. The Hall–Kier alpha value is -1.89. The Bertz CT molecular complexity index is 577. The minimum atomic E-state index is -0.234. The fraction of sp³-hybridized carbons (Fsp3) is 0.737. The van der Waals surface area contributed by atoms with Gasteiger partial charge in [0.05, 0.1) is 6.54 Å². The lowest BCUT2D eigenvalue weighted by Crippen LogP contribution is -2.45. The van der Waals surface area contributed by atoms with E-state index in [9.17, 15) is 9.59 Å². The summed E-state index contributed by atoms with van der Waals surface area (Å²) >= 11 is 0. The van der Waals surface area contributed by atoms with E-state index in [1.807, 2.05) is 0 Å². The van der Waals surface area contributed by atoms with Crippen molar-refractivity contribution in [2.24, 2.45) is 5.92 Å². The first-order valence-electron chi connectivity index (χ1n) is 9.77. The minimum absolute atomic E-state index is 0.0579. The van der Waals surface area contributed by atoms with Crippen molar-refractivity contribution in [3.63, 3.8) is 0 Å². The molecule has 2 amide bonds. The Balaban J connectivity index is 1.98. The van der Waals surface area contributed by atoms with E-state index in [0.29, 0.717) is 18.1 Å². The maximum absolute atomic E-state index is 13.0. The highest BCUT2D eigenvalue weighted by atomic mass is 16.5. The maximum atomic E-state index is 13.0. The van der Waals surface area contributed by atoms with E-state index in [2.05, 4.69) is 29.2 Å². The molecule has 0 radical (unpaired) electrons. The molecule has 2 rings (SSSR count). The number of amides is 2. The highest BCUT2D eigenvalue weighted by Gasteiger charge is 2.27. The number of anilines is 1. The van der Waals surface area contributed by atoms with Gasteiger partial charge < -0.3 is 19.6 Å². The lowest BCUT2D eigenvalue weighted by molar-refractivity contribution is -0.139. The summed E-state index contributed by atoms with van der Waals surface area (Å²) in [4.78, 5) is 29.4. The molecule has 0 atom stereocenters. The van der Waals surface area contributed by atoms with Crippen molar-refractivity contribution in [2.45, 2.75) is 52.9 Å². The van der Waals surface area contributed by atoms with E-state index in [-0.39, 0.29) is 24.3 Å². The average molecular weight is 364 g/mol. The smallest absolute Gasteiger partial charge is 0.245 e. The van der Waals surface area contributed by atoms with Crippen molar-refractivity contribution >= 4 is 17.6 Å². The molecule has 7 nitrogen and oxygen atoms in total. The van der Waals surface area contributed by atoms with E-state index in [0.717, 1.165) is 45.3 Å². The van der Waals surface area contributed by atoms with Gasteiger partial charge in [0.25, 0.3) is 0 Å². The Kier molecular flexibility index (Phi) is 8.09. The molecule has 1 heterocycles. The number of carbonyl (C=O) groups is 2. The summed E-state index contributed by atoms with van der Waals surface area (Å²) < 4.78 is 4.97. The van der Waals surface area contributed by atoms with Crippen LogP contribution in [0.15, 0.2) is 10.6 Å². The van der Waals surface area contributed by atoms with Crippen LogP contribution in [0.4, 0.5) is 5.82 Å². The summed E-state index contributed by atoms with van der Waals surface area (Å²) in [5, 5.41) is 6.50. The van der Waals surface area contributed by atoms with Crippen LogP contribution in [-0.4, -0.2) is 59.5 Å². The molecule has 1 N–H and O–H groups in total. The molecule has 1 fully saturated rings. The van der Waals surface area contributed by atoms with Crippen LogP contribution in [0.3, 0.4) is 0 Å². The van der Waals surface area contributed by atoms with Crippen LogP contribution in [0.5, 0.6) is 0 Å². The van der Waals surface area contributed by atoms with Crippen molar-refractivity contribution < 1.29 is 14.1 Å². The summed E-state index contributed by atoms with van der Waals surface area (Å²) in [5.74, 6) is 0.964. The third kappa shape index (κ3) is 6.12. The van der Waals surface area contributed by atoms with Gasteiger partial charge in [-0.15, -0.1) is 0 Å². The van der Waals surface area contributed by atoms with Crippen LogP contribution in [0.25, 0.3) is 0 Å². The molecule has 0 bridgehead atoms. The van der Waals surface area contributed by atoms with Gasteiger partial charge in [0.2, 0.25) is 11.8 Å². The van der Waals surface area contributed by atoms with Crippen LogP contribution < -0.4 is 5.32 Å². The summed E-state index contributed by atoms with van der Waals surface area (Å²) in [6.07, 6.45) is 5.28. The highest BCUT2D eigenvalue weighted by molar-refractivity contribution is 5.94. The van der Waals surface area contributed by atoms with Crippen LogP contribution in [0, 0.1) is 12.8 Å². The fourth-order valence-electron chi connectivity index (χ4n) is 3.46. The molecule has 0 unspecified atom stereocenters. The predicted octanol–water partition coefficient (Wildman–Crippen LogP) is 2.67. The van der Waals surface area contributed by atoms with Gasteiger partial charge in [0.1, 0.15) is 5.76 Å². The van der Waals surface area contributed by atoms with Gasteiger partial charge >= 0.3 is 0 Å². The van der Waals surface area contributed by atoms with Crippen molar-refractivity contribution in [3.8, 4) is 0 Å². The highest BCUT2D eigenvalue weighted by Crippen LogP contribution is 2.25. The monoisotopic (exact) mass is 364 g/mol. The number of carbonyl (C=O) groups excluding carboxylic acids is 2. The molecular weight excluding hydrogens is 332 g/mol. The SMILES string of the molecule is CCN(CC)CCN(CC(=O)Nc1cc(C)on1)C(=O)C1CCCCC1. The van der Waals surface area contributed by atoms with Crippen LogP contribution in [0.1, 0.15) is 51.7 Å². The summed E-state index contributed by atoms with van der Waals surface area (Å²) in [6, 6.07) is 1.67. The molecule has 1 saturated carbocycles. The first-order chi connectivity index (χ1) is 12.5. The van der Waals surface area contributed by atoms with Gasteiger partial charge in [-0.25, -0.2) is 0 Å². The Morgan fingerprint density at radius 2 is 1.88 bits per heavy atom. The third-order valence-corrected chi connectivity index (χ3v) is 5.08. The fourth-order valence-corrected chi connectivity index (χ4v) is 3.46. The molecule has 26 heavy (non-hydrogen) atoms. The van der Waals surface area contributed by atoms with Crippen LogP contribution >= 0.6 is 0 Å². The Morgan fingerprint density at radius 1 is 1.19 bits per heavy atom. The van der Waals surface area contributed by atoms with Crippen LogP contribution in [0.2, 0.25) is 0 Å². The second-order valence-electron chi connectivity index (χ2n) is 6.99. The van der Waals surface area contributed by atoms with E-state index in [4.69, 9.17) is 4.52 Å². The normalized spacial score (nSPS) is 15.2. The Labute approximate surface area is 156 Å². The van der Waals surface area contributed by atoms with Gasteiger partial charge in [-0.05, 0) is 32.9 Å². The van der Waals surface area contributed by atoms with Gasteiger partial charge in [0, 0.05) is 25.1 Å². The van der Waals surface area contributed by atoms with E-state index >= 15 is 0 Å². The third-order valence-electron chi connectivity index (χ3n) is 5.08. The largest absolute Gasteiger partial charge is 0.360 e. The van der Waals surface area contributed by atoms with Gasteiger partial charge in [-0.2, -0.15) is 0 Å². The molecule has 0 saturated heterocycles.